The molecule has 1 aliphatic rings. The van der Waals surface area contributed by atoms with E-state index in [0.29, 0.717) is 49.4 Å². The number of carbonyl (C=O) groups is 2. The highest BCUT2D eigenvalue weighted by atomic mass is 32.2. The van der Waals surface area contributed by atoms with E-state index < -0.39 is 5.44 Å². The maximum absolute atomic E-state index is 12.8. The highest BCUT2D eigenvalue weighted by Crippen LogP contribution is 2.36. The Bertz CT molecular complexity index is 542. The van der Waals surface area contributed by atoms with Crippen molar-refractivity contribution in [2.75, 3.05) is 0 Å². The molecular weight excluding hydrogens is 336 g/mol. The van der Waals surface area contributed by atoms with E-state index in [4.69, 9.17) is 4.74 Å². The SMILES string of the molecule is CC(C)=CC[C@H]1CC(OC(CC(C)C)SO)=C(C(=O)CC(C)C)C1=O. The second-order valence-corrected chi connectivity index (χ2v) is 8.62. The smallest absolute Gasteiger partial charge is 0.173 e. The summed E-state index contributed by atoms with van der Waals surface area (Å²) < 4.78 is 15.4. The minimum Gasteiger partial charge on any atom is -0.481 e. The Morgan fingerprint density at radius 2 is 1.92 bits per heavy atom. The first-order valence-corrected chi connectivity index (χ1v) is 9.90. The van der Waals surface area contributed by atoms with Gasteiger partial charge in [0.15, 0.2) is 17.0 Å². The number of ketones is 2. The summed E-state index contributed by atoms with van der Waals surface area (Å²) in [7, 11) is 0. The molecule has 0 radical (unpaired) electrons. The average Bonchev–Trinajstić information content (AvgIpc) is 2.79. The summed E-state index contributed by atoms with van der Waals surface area (Å²) in [6.45, 7) is 12.0. The van der Waals surface area contributed by atoms with Gasteiger partial charge in [0.25, 0.3) is 0 Å². The van der Waals surface area contributed by atoms with Crippen molar-refractivity contribution in [3.8, 4) is 0 Å². The maximum atomic E-state index is 12.8. The molecule has 4 nitrogen and oxygen atoms in total. The van der Waals surface area contributed by atoms with Gasteiger partial charge < -0.3 is 9.29 Å². The lowest BCUT2D eigenvalue weighted by Crippen LogP contribution is -2.18. The molecule has 142 valence electrons. The minimum absolute atomic E-state index is 0.107. The number of hydrogen-bond acceptors (Lipinski definition) is 5. The first-order chi connectivity index (χ1) is 11.6. The molecule has 5 heteroatoms. The summed E-state index contributed by atoms with van der Waals surface area (Å²) in [4.78, 5) is 25.4. The molecule has 1 unspecified atom stereocenters. The Morgan fingerprint density at radius 3 is 2.40 bits per heavy atom. The Morgan fingerprint density at radius 1 is 1.28 bits per heavy atom. The number of allylic oxidation sites excluding steroid dienone is 4. The third kappa shape index (κ3) is 6.98. The predicted molar refractivity (Wildman–Crippen MR) is 103 cm³/mol. The van der Waals surface area contributed by atoms with Gasteiger partial charge in [-0.15, -0.1) is 0 Å². The van der Waals surface area contributed by atoms with Gasteiger partial charge in [-0.3, -0.25) is 9.59 Å². The number of ether oxygens (including phenoxy) is 1. The van der Waals surface area contributed by atoms with Crippen molar-refractivity contribution in [1.82, 2.24) is 0 Å². The van der Waals surface area contributed by atoms with Crippen molar-refractivity contribution in [3.05, 3.63) is 23.0 Å². The van der Waals surface area contributed by atoms with Gasteiger partial charge in [0.2, 0.25) is 0 Å². The van der Waals surface area contributed by atoms with Gasteiger partial charge in [0, 0.05) is 30.8 Å². The third-order valence-corrected chi connectivity index (χ3v) is 4.59. The zero-order chi connectivity index (χ0) is 19.1. The number of Topliss-reactive ketones (excluding diaryl/α,β-unsaturated/α-hetero) is 2. The van der Waals surface area contributed by atoms with Crippen LogP contribution in [0.25, 0.3) is 0 Å². The Kier molecular flexibility index (Phi) is 8.94. The molecule has 1 aliphatic carbocycles. The lowest BCUT2D eigenvalue weighted by molar-refractivity contribution is -0.123. The van der Waals surface area contributed by atoms with Crippen molar-refractivity contribution in [2.45, 2.75) is 72.7 Å². The molecule has 0 aromatic carbocycles. The fourth-order valence-corrected chi connectivity index (χ4v) is 3.49. The summed E-state index contributed by atoms with van der Waals surface area (Å²) >= 11 is 0.643. The highest BCUT2D eigenvalue weighted by Gasteiger charge is 2.38. The quantitative estimate of drug-likeness (QED) is 0.242. The molecular formula is C20H32O4S. The summed E-state index contributed by atoms with van der Waals surface area (Å²) in [5.74, 6) is 0.517. The Balaban J connectivity index is 3.04. The van der Waals surface area contributed by atoms with Crippen molar-refractivity contribution in [2.24, 2.45) is 17.8 Å². The van der Waals surface area contributed by atoms with Crippen LogP contribution in [0.2, 0.25) is 0 Å². The Hall–Kier alpha value is -1.07. The van der Waals surface area contributed by atoms with E-state index in [1.54, 1.807) is 0 Å². The zero-order valence-corrected chi connectivity index (χ0v) is 17.1. The van der Waals surface area contributed by atoms with Crippen LogP contribution in [0, 0.1) is 17.8 Å². The van der Waals surface area contributed by atoms with Crippen LogP contribution in [0.3, 0.4) is 0 Å². The van der Waals surface area contributed by atoms with Gasteiger partial charge in [0.05, 0.1) is 5.57 Å². The lowest BCUT2D eigenvalue weighted by Gasteiger charge is -2.19. The van der Waals surface area contributed by atoms with Crippen molar-refractivity contribution in [1.29, 1.82) is 0 Å². The van der Waals surface area contributed by atoms with Gasteiger partial charge in [-0.25, -0.2) is 0 Å². The van der Waals surface area contributed by atoms with E-state index in [0.717, 1.165) is 5.57 Å². The normalized spacial score (nSPS) is 18.9. The summed E-state index contributed by atoms with van der Waals surface area (Å²) in [6.07, 6.45) is 4.08. The van der Waals surface area contributed by atoms with E-state index in [1.165, 1.54) is 0 Å². The van der Waals surface area contributed by atoms with Gasteiger partial charge in [-0.2, -0.15) is 0 Å². The first-order valence-electron chi connectivity index (χ1n) is 9.06. The topological polar surface area (TPSA) is 63.6 Å². The summed E-state index contributed by atoms with van der Waals surface area (Å²) in [5.41, 5.74) is 0.927. The summed E-state index contributed by atoms with van der Waals surface area (Å²) in [6, 6.07) is 0. The maximum Gasteiger partial charge on any atom is 0.173 e. The molecule has 0 bridgehead atoms. The summed E-state index contributed by atoms with van der Waals surface area (Å²) in [5, 5.41) is 0. The van der Waals surface area contributed by atoms with Gasteiger partial charge in [0.1, 0.15) is 5.76 Å². The second kappa shape index (κ2) is 10.2. The van der Waals surface area contributed by atoms with Crippen LogP contribution < -0.4 is 0 Å². The van der Waals surface area contributed by atoms with Gasteiger partial charge >= 0.3 is 0 Å². The fourth-order valence-electron chi connectivity index (χ4n) is 2.86. The van der Waals surface area contributed by atoms with E-state index in [9.17, 15) is 14.1 Å². The van der Waals surface area contributed by atoms with Crippen LogP contribution in [0.4, 0.5) is 0 Å². The molecule has 0 aromatic heterocycles. The molecule has 0 saturated carbocycles. The predicted octanol–water partition coefficient (Wildman–Crippen LogP) is 5.40. The second-order valence-electron chi connectivity index (χ2n) is 7.88. The lowest BCUT2D eigenvalue weighted by atomic mass is 9.95. The monoisotopic (exact) mass is 368 g/mol. The number of carbonyl (C=O) groups excluding carboxylic acids is 2. The van der Waals surface area contributed by atoms with Crippen molar-refractivity contribution < 1.29 is 18.9 Å². The Labute approximate surface area is 156 Å². The minimum atomic E-state index is -0.452. The standard InChI is InChI=1S/C20H32O4S/c1-12(2)7-8-15-11-17(24-18(25-23)10-14(5)6)19(20(15)22)16(21)9-13(3)4/h7,13-15,18,23H,8-11H2,1-6H3/t15-,18?/m0/s1. The van der Waals surface area contributed by atoms with E-state index in [2.05, 4.69) is 0 Å². The number of hydrogen-bond donors (Lipinski definition) is 1. The van der Waals surface area contributed by atoms with Crippen LogP contribution in [0.5, 0.6) is 0 Å². The van der Waals surface area contributed by atoms with Crippen LogP contribution in [-0.4, -0.2) is 21.6 Å². The third-order valence-electron chi connectivity index (χ3n) is 4.07. The largest absolute Gasteiger partial charge is 0.481 e. The molecule has 0 fully saturated rings. The molecule has 0 spiro atoms. The van der Waals surface area contributed by atoms with E-state index >= 15 is 0 Å². The molecule has 25 heavy (non-hydrogen) atoms. The highest BCUT2D eigenvalue weighted by molar-refractivity contribution is 7.94. The van der Waals surface area contributed by atoms with E-state index in [-0.39, 0.29) is 29.0 Å². The molecule has 0 aliphatic heterocycles. The molecule has 0 aromatic rings. The van der Waals surface area contributed by atoms with Crippen LogP contribution in [0.1, 0.15) is 67.2 Å². The van der Waals surface area contributed by atoms with Gasteiger partial charge in [-0.1, -0.05) is 39.3 Å². The number of rotatable bonds is 10. The van der Waals surface area contributed by atoms with E-state index in [1.807, 2.05) is 47.6 Å². The van der Waals surface area contributed by atoms with Gasteiger partial charge in [-0.05, 0) is 38.5 Å². The zero-order valence-electron chi connectivity index (χ0n) is 16.3. The first kappa shape index (κ1) is 22.0. The fraction of sp³-hybridized carbons (Fsp3) is 0.700. The van der Waals surface area contributed by atoms with Crippen LogP contribution in [0.15, 0.2) is 23.0 Å². The molecule has 0 heterocycles. The molecule has 1 rings (SSSR count). The molecule has 1 N–H and O–H groups in total. The van der Waals surface area contributed by atoms with Crippen LogP contribution >= 0.6 is 12.0 Å². The molecule has 2 atom stereocenters. The molecule has 0 saturated heterocycles. The van der Waals surface area contributed by atoms with Crippen molar-refractivity contribution in [3.63, 3.8) is 0 Å². The average molecular weight is 369 g/mol. The molecule has 0 amide bonds. The van der Waals surface area contributed by atoms with Crippen molar-refractivity contribution >= 4 is 23.6 Å². The van der Waals surface area contributed by atoms with Crippen LogP contribution in [-0.2, 0) is 14.3 Å².